The van der Waals surface area contributed by atoms with Crippen molar-refractivity contribution in [2.24, 2.45) is 5.92 Å². The van der Waals surface area contributed by atoms with Crippen molar-refractivity contribution in [3.05, 3.63) is 65.7 Å². The van der Waals surface area contributed by atoms with Gasteiger partial charge in [-0.1, -0.05) is 48.5 Å². The number of rotatable bonds is 4. The van der Waals surface area contributed by atoms with Gasteiger partial charge in [0.05, 0.1) is 0 Å². The lowest BCUT2D eigenvalue weighted by Crippen LogP contribution is -2.45. The Labute approximate surface area is 147 Å². The van der Waals surface area contributed by atoms with E-state index in [2.05, 4.69) is 11.4 Å². The van der Waals surface area contributed by atoms with Crippen molar-refractivity contribution in [1.82, 2.24) is 5.32 Å². The van der Waals surface area contributed by atoms with E-state index in [4.69, 9.17) is 0 Å². The molecule has 0 radical (unpaired) electrons. The van der Waals surface area contributed by atoms with Crippen molar-refractivity contribution >= 4 is 17.5 Å². The van der Waals surface area contributed by atoms with Crippen LogP contribution in [0.1, 0.15) is 36.4 Å². The molecule has 1 aliphatic carbocycles. The molecule has 2 aliphatic rings. The van der Waals surface area contributed by atoms with E-state index in [-0.39, 0.29) is 17.7 Å². The summed E-state index contributed by atoms with van der Waals surface area (Å²) in [6.07, 6.45) is 3.79. The number of fused-ring (bicyclic) bond motifs is 1. The topological polar surface area (TPSA) is 49.4 Å². The summed E-state index contributed by atoms with van der Waals surface area (Å²) in [6.45, 7) is 0.693. The number of benzene rings is 2. The Morgan fingerprint density at radius 1 is 1.00 bits per heavy atom. The number of carbonyl (C=O) groups is 2. The molecule has 25 heavy (non-hydrogen) atoms. The van der Waals surface area contributed by atoms with Gasteiger partial charge in [-0.15, -0.1) is 0 Å². The summed E-state index contributed by atoms with van der Waals surface area (Å²) in [7, 11) is 0. The van der Waals surface area contributed by atoms with Crippen molar-refractivity contribution in [2.75, 3.05) is 11.4 Å². The molecule has 4 rings (SSSR count). The van der Waals surface area contributed by atoms with Crippen LogP contribution < -0.4 is 10.2 Å². The molecule has 2 aromatic rings. The second kappa shape index (κ2) is 6.71. The molecule has 1 fully saturated rings. The molecule has 1 N–H and O–H groups in total. The van der Waals surface area contributed by atoms with E-state index in [1.807, 2.05) is 53.4 Å². The first-order chi connectivity index (χ1) is 12.2. The summed E-state index contributed by atoms with van der Waals surface area (Å²) >= 11 is 0. The number of para-hydroxylation sites is 1. The van der Waals surface area contributed by atoms with Gasteiger partial charge in [0.25, 0.3) is 5.91 Å². The SMILES string of the molecule is O=C(NC(C(=O)N1CCCc2ccccc21)c1ccccc1)C1CC1. The number of amides is 2. The number of nitrogens with zero attached hydrogens (tertiary/aromatic N) is 1. The van der Waals surface area contributed by atoms with E-state index in [1.165, 1.54) is 5.56 Å². The lowest BCUT2D eigenvalue weighted by Gasteiger charge is -2.32. The van der Waals surface area contributed by atoms with Gasteiger partial charge in [-0.05, 0) is 42.9 Å². The molecule has 4 heteroatoms. The second-order valence-corrected chi connectivity index (χ2v) is 6.85. The third-order valence-electron chi connectivity index (χ3n) is 4.99. The van der Waals surface area contributed by atoms with Gasteiger partial charge in [-0.2, -0.15) is 0 Å². The highest BCUT2D eigenvalue weighted by Gasteiger charge is 2.35. The third-order valence-corrected chi connectivity index (χ3v) is 4.99. The van der Waals surface area contributed by atoms with Crippen LogP contribution in [-0.4, -0.2) is 18.4 Å². The summed E-state index contributed by atoms with van der Waals surface area (Å²) in [5.41, 5.74) is 3.01. The molecular weight excluding hydrogens is 312 g/mol. The smallest absolute Gasteiger partial charge is 0.254 e. The fourth-order valence-electron chi connectivity index (χ4n) is 3.46. The summed E-state index contributed by atoms with van der Waals surface area (Å²) in [5, 5.41) is 2.99. The molecule has 1 unspecified atom stereocenters. The normalized spacial score (nSPS) is 17.5. The van der Waals surface area contributed by atoms with Crippen molar-refractivity contribution in [3.8, 4) is 0 Å². The van der Waals surface area contributed by atoms with Crippen molar-refractivity contribution in [3.63, 3.8) is 0 Å². The van der Waals surface area contributed by atoms with E-state index in [0.717, 1.165) is 36.9 Å². The highest BCUT2D eigenvalue weighted by Crippen LogP contribution is 2.32. The van der Waals surface area contributed by atoms with E-state index >= 15 is 0 Å². The van der Waals surface area contributed by atoms with E-state index in [9.17, 15) is 9.59 Å². The van der Waals surface area contributed by atoms with Gasteiger partial charge in [-0.25, -0.2) is 0 Å². The van der Waals surface area contributed by atoms with Crippen LogP contribution in [0.15, 0.2) is 54.6 Å². The lowest BCUT2D eigenvalue weighted by atomic mass is 9.99. The maximum Gasteiger partial charge on any atom is 0.254 e. The molecule has 4 nitrogen and oxygen atoms in total. The molecule has 0 spiro atoms. The monoisotopic (exact) mass is 334 g/mol. The third kappa shape index (κ3) is 3.29. The van der Waals surface area contributed by atoms with Gasteiger partial charge < -0.3 is 10.2 Å². The zero-order valence-electron chi connectivity index (χ0n) is 14.2. The Kier molecular flexibility index (Phi) is 4.26. The Morgan fingerprint density at radius 2 is 1.72 bits per heavy atom. The second-order valence-electron chi connectivity index (χ2n) is 6.85. The van der Waals surface area contributed by atoms with Crippen LogP contribution in [-0.2, 0) is 16.0 Å². The molecule has 1 aliphatic heterocycles. The standard InChI is InChI=1S/C21H22N2O2/c24-20(17-12-13-17)22-19(16-8-2-1-3-9-16)21(25)23-14-6-10-15-7-4-5-11-18(15)23/h1-5,7-9,11,17,19H,6,10,12-14H2,(H,22,24). The van der Waals surface area contributed by atoms with Gasteiger partial charge in [0, 0.05) is 18.2 Å². The van der Waals surface area contributed by atoms with Crippen molar-refractivity contribution < 1.29 is 9.59 Å². The predicted octanol–water partition coefficient (Wildman–Crippen LogP) is 3.23. The number of aryl methyl sites for hydroxylation is 1. The van der Waals surface area contributed by atoms with Gasteiger partial charge >= 0.3 is 0 Å². The molecule has 1 atom stereocenters. The maximum absolute atomic E-state index is 13.4. The van der Waals surface area contributed by atoms with Crippen LogP contribution in [0.5, 0.6) is 0 Å². The first-order valence-electron chi connectivity index (χ1n) is 8.98. The highest BCUT2D eigenvalue weighted by atomic mass is 16.2. The molecule has 0 saturated heterocycles. The predicted molar refractivity (Wildman–Crippen MR) is 97.2 cm³/mol. The first-order valence-corrected chi connectivity index (χ1v) is 8.98. The molecular formula is C21H22N2O2. The fraction of sp³-hybridized carbons (Fsp3) is 0.333. The number of hydrogen-bond acceptors (Lipinski definition) is 2. The quantitative estimate of drug-likeness (QED) is 0.933. The molecule has 2 aromatic carbocycles. The van der Waals surface area contributed by atoms with E-state index in [1.54, 1.807) is 0 Å². The number of hydrogen-bond donors (Lipinski definition) is 1. The van der Waals surface area contributed by atoms with E-state index in [0.29, 0.717) is 6.54 Å². The highest BCUT2D eigenvalue weighted by molar-refractivity contribution is 6.01. The number of nitrogens with one attached hydrogen (secondary N) is 1. The minimum absolute atomic E-state index is 0.00695. The number of carbonyl (C=O) groups excluding carboxylic acids is 2. The Hall–Kier alpha value is -2.62. The fourth-order valence-corrected chi connectivity index (χ4v) is 3.46. The molecule has 128 valence electrons. The molecule has 1 saturated carbocycles. The number of anilines is 1. The van der Waals surface area contributed by atoms with Crippen molar-refractivity contribution in [2.45, 2.75) is 31.7 Å². The molecule has 0 aromatic heterocycles. The van der Waals surface area contributed by atoms with Gasteiger partial charge in [0.2, 0.25) is 5.91 Å². The summed E-state index contributed by atoms with van der Waals surface area (Å²) in [5.74, 6) is 0.0208. The van der Waals surface area contributed by atoms with Crippen LogP contribution >= 0.6 is 0 Å². The van der Waals surface area contributed by atoms with Crippen LogP contribution in [0.3, 0.4) is 0 Å². The van der Waals surface area contributed by atoms with E-state index < -0.39 is 6.04 Å². The zero-order chi connectivity index (χ0) is 17.2. The van der Waals surface area contributed by atoms with Gasteiger partial charge in [-0.3, -0.25) is 9.59 Å². The molecule has 2 amide bonds. The lowest BCUT2D eigenvalue weighted by molar-refractivity contribution is -0.128. The average molecular weight is 334 g/mol. The van der Waals surface area contributed by atoms with Crippen LogP contribution in [0, 0.1) is 5.92 Å². The van der Waals surface area contributed by atoms with Crippen molar-refractivity contribution in [1.29, 1.82) is 0 Å². The Morgan fingerprint density at radius 3 is 2.48 bits per heavy atom. The van der Waals surface area contributed by atoms with Crippen LogP contribution in [0.2, 0.25) is 0 Å². The summed E-state index contributed by atoms with van der Waals surface area (Å²) in [6, 6.07) is 17.0. The minimum atomic E-state index is -0.625. The maximum atomic E-state index is 13.4. The Balaban J connectivity index is 1.65. The molecule has 0 bridgehead atoms. The minimum Gasteiger partial charge on any atom is -0.340 e. The Bertz CT molecular complexity index is 783. The van der Waals surface area contributed by atoms with Crippen LogP contribution in [0.4, 0.5) is 5.69 Å². The first kappa shape index (κ1) is 15.9. The summed E-state index contributed by atoms with van der Waals surface area (Å²) in [4.78, 5) is 27.5. The largest absolute Gasteiger partial charge is 0.340 e. The average Bonchev–Trinajstić information content (AvgIpc) is 3.51. The van der Waals surface area contributed by atoms with Gasteiger partial charge in [0.1, 0.15) is 6.04 Å². The van der Waals surface area contributed by atoms with Crippen LogP contribution in [0.25, 0.3) is 0 Å². The summed E-state index contributed by atoms with van der Waals surface area (Å²) < 4.78 is 0. The zero-order valence-corrected chi connectivity index (χ0v) is 14.2. The van der Waals surface area contributed by atoms with Gasteiger partial charge in [0.15, 0.2) is 0 Å². The molecule has 1 heterocycles.